The van der Waals surface area contributed by atoms with Crippen molar-refractivity contribution >= 4 is 11.9 Å². The zero-order valence-electron chi connectivity index (χ0n) is 9.47. The number of nitrogens with zero attached hydrogens (tertiary/aromatic N) is 5. The van der Waals surface area contributed by atoms with Gasteiger partial charge in [-0.1, -0.05) is 5.21 Å². The number of aryl methyl sites for hydroxylation is 1. The molecule has 1 N–H and O–H groups in total. The van der Waals surface area contributed by atoms with E-state index in [1.807, 2.05) is 0 Å². The first-order valence-corrected chi connectivity index (χ1v) is 4.90. The Hall–Kier alpha value is -2.46. The van der Waals surface area contributed by atoms with Gasteiger partial charge in [0.05, 0.1) is 18.3 Å². The van der Waals surface area contributed by atoms with Crippen LogP contribution in [0.1, 0.15) is 11.5 Å². The van der Waals surface area contributed by atoms with Gasteiger partial charge >= 0.3 is 12.2 Å². The van der Waals surface area contributed by atoms with Gasteiger partial charge in [-0.15, -0.1) is 5.10 Å². The molecule has 0 aliphatic carbocycles. The highest BCUT2D eigenvalue weighted by Crippen LogP contribution is 2.27. The lowest BCUT2D eigenvalue weighted by molar-refractivity contribution is -0.146. The van der Waals surface area contributed by atoms with Crippen molar-refractivity contribution in [3.05, 3.63) is 17.7 Å². The predicted octanol–water partition coefficient (Wildman–Crippen LogP) is 0.398. The number of aromatic nitrogens is 5. The summed E-state index contributed by atoms with van der Waals surface area (Å²) in [6.07, 6.45) is -3.50. The van der Waals surface area contributed by atoms with Gasteiger partial charge in [0.1, 0.15) is 0 Å². The molecule has 2 aromatic heterocycles. The van der Waals surface area contributed by atoms with Crippen LogP contribution in [0.15, 0.2) is 10.7 Å². The molecule has 0 bridgehead atoms. The van der Waals surface area contributed by atoms with Gasteiger partial charge in [-0.3, -0.25) is 14.8 Å². The first kappa shape index (κ1) is 13.0. The van der Waals surface area contributed by atoms with E-state index in [1.165, 1.54) is 10.9 Å². The SMILES string of the molecule is Cn1nncc1CC(=O)Nc1nc(C(F)(F)F)no1. The Morgan fingerprint density at radius 3 is 2.79 bits per heavy atom. The minimum absolute atomic E-state index is 0.132. The van der Waals surface area contributed by atoms with E-state index in [0.29, 0.717) is 5.69 Å². The van der Waals surface area contributed by atoms with Crippen LogP contribution in [0.5, 0.6) is 0 Å². The summed E-state index contributed by atoms with van der Waals surface area (Å²) in [6.45, 7) is 0. The molecule has 0 unspecified atom stereocenters. The van der Waals surface area contributed by atoms with Gasteiger partial charge in [0.25, 0.3) is 5.82 Å². The van der Waals surface area contributed by atoms with Gasteiger partial charge < -0.3 is 4.52 Å². The molecule has 0 spiro atoms. The molecule has 19 heavy (non-hydrogen) atoms. The van der Waals surface area contributed by atoms with E-state index in [4.69, 9.17) is 0 Å². The lowest BCUT2D eigenvalue weighted by Crippen LogP contribution is -2.17. The fourth-order valence-corrected chi connectivity index (χ4v) is 1.19. The van der Waals surface area contributed by atoms with Gasteiger partial charge in [0, 0.05) is 7.05 Å². The van der Waals surface area contributed by atoms with Crippen LogP contribution in [0.2, 0.25) is 0 Å². The maximum atomic E-state index is 12.2. The molecule has 8 nitrogen and oxygen atoms in total. The summed E-state index contributed by atoms with van der Waals surface area (Å²) in [6, 6.07) is -0.618. The third-order valence-corrected chi connectivity index (χ3v) is 2.08. The molecule has 2 heterocycles. The summed E-state index contributed by atoms with van der Waals surface area (Å²) < 4.78 is 42.2. The van der Waals surface area contributed by atoms with Gasteiger partial charge in [0.15, 0.2) is 0 Å². The molecule has 0 fully saturated rings. The Morgan fingerprint density at radius 2 is 2.26 bits per heavy atom. The van der Waals surface area contributed by atoms with Crippen molar-refractivity contribution in [2.24, 2.45) is 7.05 Å². The average Bonchev–Trinajstić information content (AvgIpc) is 2.88. The van der Waals surface area contributed by atoms with Crippen LogP contribution in [0.3, 0.4) is 0 Å². The standard InChI is InChI=1S/C8H7F3N6O2/c1-17-4(3-12-16-17)2-5(18)13-7-14-6(15-19-7)8(9,10)11/h3H,2H2,1H3,(H,13,14,15,18). The first-order valence-electron chi connectivity index (χ1n) is 4.90. The molecule has 0 atom stereocenters. The maximum absolute atomic E-state index is 12.2. The highest BCUT2D eigenvalue weighted by molar-refractivity contribution is 5.89. The zero-order valence-corrected chi connectivity index (χ0v) is 9.47. The molecule has 0 radical (unpaired) electrons. The molecule has 0 aliphatic rings. The maximum Gasteiger partial charge on any atom is 0.455 e. The van der Waals surface area contributed by atoms with Crippen molar-refractivity contribution in [1.29, 1.82) is 0 Å². The Bertz CT molecular complexity index is 589. The lowest BCUT2D eigenvalue weighted by atomic mass is 10.3. The van der Waals surface area contributed by atoms with Crippen LogP contribution in [0, 0.1) is 0 Å². The number of amides is 1. The predicted molar refractivity (Wildman–Crippen MR) is 52.6 cm³/mol. The van der Waals surface area contributed by atoms with Crippen LogP contribution in [-0.4, -0.2) is 31.0 Å². The van der Waals surface area contributed by atoms with Crippen molar-refractivity contribution in [2.75, 3.05) is 5.32 Å². The van der Waals surface area contributed by atoms with Gasteiger partial charge in [-0.05, 0) is 5.16 Å². The number of carbonyl (C=O) groups excluding carboxylic acids is 1. The Kier molecular flexibility index (Phi) is 3.19. The minimum Gasteiger partial charge on any atom is -0.315 e. The van der Waals surface area contributed by atoms with E-state index in [0.717, 1.165) is 0 Å². The Morgan fingerprint density at radius 1 is 1.53 bits per heavy atom. The molecule has 102 valence electrons. The van der Waals surface area contributed by atoms with Crippen LogP contribution < -0.4 is 5.32 Å². The number of hydrogen-bond donors (Lipinski definition) is 1. The van der Waals surface area contributed by atoms with E-state index in [1.54, 1.807) is 7.05 Å². The molecule has 0 aromatic carbocycles. The smallest absolute Gasteiger partial charge is 0.315 e. The molecular weight excluding hydrogens is 269 g/mol. The normalized spacial score (nSPS) is 11.6. The van der Waals surface area contributed by atoms with E-state index >= 15 is 0 Å². The average molecular weight is 276 g/mol. The molecule has 0 saturated heterocycles. The van der Waals surface area contributed by atoms with Gasteiger partial charge in [0.2, 0.25) is 5.91 Å². The third-order valence-electron chi connectivity index (χ3n) is 2.08. The molecule has 11 heteroatoms. The minimum atomic E-state index is -4.72. The topological polar surface area (TPSA) is 98.7 Å². The summed E-state index contributed by atoms with van der Waals surface area (Å²) in [5.74, 6) is -2.08. The number of halogens is 3. The molecular formula is C8H7F3N6O2. The number of hydrogen-bond acceptors (Lipinski definition) is 6. The highest BCUT2D eigenvalue weighted by Gasteiger charge is 2.37. The lowest BCUT2D eigenvalue weighted by Gasteiger charge is -2.00. The summed E-state index contributed by atoms with van der Waals surface area (Å²) in [5, 5.41) is 11.9. The number of alkyl halides is 3. The summed E-state index contributed by atoms with van der Waals surface area (Å²) >= 11 is 0. The molecule has 2 aromatic rings. The fraction of sp³-hybridized carbons (Fsp3) is 0.375. The fourth-order valence-electron chi connectivity index (χ4n) is 1.19. The van der Waals surface area contributed by atoms with Crippen molar-refractivity contribution in [3.8, 4) is 0 Å². The number of carbonyl (C=O) groups is 1. The quantitative estimate of drug-likeness (QED) is 0.871. The summed E-state index contributed by atoms with van der Waals surface area (Å²) in [7, 11) is 1.57. The first-order chi connectivity index (χ1) is 8.86. The van der Waals surface area contributed by atoms with Crippen LogP contribution in [-0.2, 0) is 24.4 Å². The van der Waals surface area contributed by atoms with Crippen LogP contribution in [0.4, 0.5) is 19.2 Å². The zero-order chi connectivity index (χ0) is 14.0. The van der Waals surface area contributed by atoms with Crippen molar-refractivity contribution in [2.45, 2.75) is 12.6 Å². The molecule has 0 saturated carbocycles. The van der Waals surface area contributed by atoms with Crippen LogP contribution >= 0.6 is 0 Å². The highest BCUT2D eigenvalue weighted by atomic mass is 19.4. The van der Waals surface area contributed by atoms with Gasteiger partial charge in [-0.2, -0.15) is 18.2 Å². The summed E-state index contributed by atoms with van der Waals surface area (Å²) in [4.78, 5) is 14.5. The largest absolute Gasteiger partial charge is 0.455 e. The number of anilines is 1. The second kappa shape index (κ2) is 4.66. The van der Waals surface area contributed by atoms with Crippen LogP contribution in [0.25, 0.3) is 0 Å². The molecule has 2 rings (SSSR count). The van der Waals surface area contributed by atoms with Crippen molar-refractivity contribution in [3.63, 3.8) is 0 Å². The van der Waals surface area contributed by atoms with E-state index in [-0.39, 0.29) is 6.42 Å². The van der Waals surface area contributed by atoms with E-state index in [9.17, 15) is 18.0 Å². The second-order valence-electron chi connectivity index (χ2n) is 3.49. The number of rotatable bonds is 3. The van der Waals surface area contributed by atoms with E-state index < -0.39 is 23.9 Å². The molecule has 1 amide bonds. The van der Waals surface area contributed by atoms with Crippen molar-refractivity contribution < 1.29 is 22.5 Å². The van der Waals surface area contributed by atoms with E-state index in [2.05, 4.69) is 30.3 Å². The Labute approximate surface area is 103 Å². The number of nitrogens with one attached hydrogen (secondary N) is 1. The Balaban J connectivity index is 2.00. The molecule has 0 aliphatic heterocycles. The third kappa shape index (κ3) is 3.05. The second-order valence-corrected chi connectivity index (χ2v) is 3.49. The van der Waals surface area contributed by atoms with Crippen molar-refractivity contribution in [1.82, 2.24) is 25.1 Å². The van der Waals surface area contributed by atoms with Gasteiger partial charge in [-0.25, -0.2) is 0 Å². The monoisotopic (exact) mass is 276 g/mol. The summed E-state index contributed by atoms with van der Waals surface area (Å²) in [5.41, 5.74) is 0.480.